The molecule has 0 fully saturated rings. The predicted octanol–water partition coefficient (Wildman–Crippen LogP) is 11.5. The Hall–Kier alpha value is -2.08. The summed E-state index contributed by atoms with van der Waals surface area (Å²) in [6.07, 6.45) is 28.9. The van der Waals surface area contributed by atoms with E-state index in [2.05, 4.69) is 93.6 Å². The van der Waals surface area contributed by atoms with E-state index in [9.17, 15) is 0 Å². The van der Waals surface area contributed by atoms with Crippen LogP contribution in [0.25, 0.3) is 0 Å². The Balaban J connectivity index is 0.00000760. The summed E-state index contributed by atoms with van der Waals surface area (Å²) in [4.78, 5) is 10.1. The van der Waals surface area contributed by atoms with E-state index < -0.39 is 0 Å². The number of benzene rings is 2. The summed E-state index contributed by atoms with van der Waals surface area (Å²) in [5.41, 5.74) is 5.92. The van der Waals surface area contributed by atoms with Gasteiger partial charge in [-0.3, -0.25) is 9.98 Å². The van der Waals surface area contributed by atoms with E-state index in [0.29, 0.717) is 0 Å². The standard InChI is InChI=1S/C36H52N2.Pd/c1-4-7-10-12-14-16-18-24-32-26-20-22-29-35(32)37-31-34(28-9-6-3)38-36-30-23-21-27-33(36)25-19-17-15-13-11-8-5-2;/h12-15,20-23,26-27,29-31H,4-11,16-19,24-25,28H2,1-3H3;. The van der Waals surface area contributed by atoms with E-state index in [4.69, 9.17) is 9.98 Å². The average molecular weight is 619 g/mol. The van der Waals surface area contributed by atoms with Crippen LogP contribution < -0.4 is 0 Å². The molecule has 0 aliphatic rings. The maximum atomic E-state index is 5.13. The first-order chi connectivity index (χ1) is 18.8. The van der Waals surface area contributed by atoms with Crippen LogP contribution >= 0.6 is 0 Å². The molecule has 0 aliphatic carbocycles. The van der Waals surface area contributed by atoms with E-state index in [1.165, 1.54) is 49.7 Å². The fraction of sp³-hybridized carbons (Fsp3) is 0.500. The topological polar surface area (TPSA) is 24.7 Å². The van der Waals surface area contributed by atoms with Crippen molar-refractivity contribution in [3.05, 3.63) is 84.0 Å². The molecule has 0 aliphatic heterocycles. The van der Waals surface area contributed by atoms with Crippen molar-refractivity contribution in [2.24, 2.45) is 9.98 Å². The van der Waals surface area contributed by atoms with Crippen molar-refractivity contribution in [1.82, 2.24) is 0 Å². The smallest absolute Gasteiger partial charge is 0.0665 e. The molecule has 3 heteroatoms. The van der Waals surface area contributed by atoms with Crippen LogP contribution in [-0.4, -0.2) is 11.9 Å². The minimum Gasteiger partial charge on any atom is -0.255 e. The molecule has 0 unspecified atom stereocenters. The molecule has 2 rings (SSSR count). The SMILES string of the molecule is CCCCC=CCCCc1ccccc1N=CC(CCCC)=Nc1ccccc1CCCC=CCCCC.[Pd]. The molecule has 0 heterocycles. The molecule has 2 nitrogen and oxygen atoms in total. The van der Waals surface area contributed by atoms with E-state index in [-0.39, 0.29) is 20.4 Å². The van der Waals surface area contributed by atoms with Gasteiger partial charge < -0.3 is 0 Å². The molecule has 2 aromatic carbocycles. The van der Waals surface area contributed by atoms with Gasteiger partial charge in [0.15, 0.2) is 0 Å². The van der Waals surface area contributed by atoms with Crippen LogP contribution in [0.2, 0.25) is 0 Å². The molecule has 216 valence electrons. The van der Waals surface area contributed by atoms with Gasteiger partial charge in [0.2, 0.25) is 0 Å². The first kappa shape index (κ1) is 34.9. The third-order valence-corrected chi connectivity index (χ3v) is 6.80. The Morgan fingerprint density at radius 2 is 1.05 bits per heavy atom. The number of aryl methyl sites for hydroxylation is 2. The first-order valence-electron chi connectivity index (χ1n) is 15.4. The van der Waals surface area contributed by atoms with Crippen molar-refractivity contribution in [3.63, 3.8) is 0 Å². The van der Waals surface area contributed by atoms with Crippen LogP contribution in [0.4, 0.5) is 11.4 Å². The number of hydrogen-bond acceptors (Lipinski definition) is 2. The van der Waals surface area contributed by atoms with E-state index in [1.807, 2.05) is 6.21 Å². The van der Waals surface area contributed by atoms with Gasteiger partial charge in [-0.1, -0.05) is 114 Å². The molecule has 0 spiro atoms. The second kappa shape index (κ2) is 23.8. The summed E-state index contributed by atoms with van der Waals surface area (Å²) in [5.74, 6) is 0. The number of nitrogens with zero attached hydrogens (tertiary/aromatic N) is 2. The molecule has 0 saturated heterocycles. The fourth-order valence-corrected chi connectivity index (χ4v) is 4.42. The van der Waals surface area contributed by atoms with E-state index in [1.54, 1.807) is 0 Å². The quantitative estimate of drug-likeness (QED) is 0.0610. The zero-order valence-electron chi connectivity index (χ0n) is 24.8. The minimum atomic E-state index is 0. The molecule has 0 amide bonds. The molecular weight excluding hydrogens is 567 g/mol. The molecular formula is C36H52N2Pd. The molecule has 0 aromatic heterocycles. The van der Waals surface area contributed by atoms with Crippen LogP contribution in [0.5, 0.6) is 0 Å². The maximum absolute atomic E-state index is 5.13. The second-order valence-corrected chi connectivity index (χ2v) is 10.2. The summed E-state index contributed by atoms with van der Waals surface area (Å²) < 4.78 is 0. The van der Waals surface area contributed by atoms with Gasteiger partial charge in [0.05, 0.1) is 17.1 Å². The Morgan fingerprint density at radius 1 is 0.590 bits per heavy atom. The summed E-state index contributed by atoms with van der Waals surface area (Å²) in [6, 6.07) is 17.2. The first-order valence-corrected chi connectivity index (χ1v) is 15.4. The molecule has 0 saturated carbocycles. The maximum Gasteiger partial charge on any atom is 0.0665 e. The summed E-state index contributed by atoms with van der Waals surface area (Å²) in [5, 5.41) is 0. The van der Waals surface area contributed by atoms with Crippen LogP contribution in [-0.2, 0) is 33.3 Å². The summed E-state index contributed by atoms with van der Waals surface area (Å²) in [7, 11) is 0. The van der Waals surface area contributed by atoms with Crippen LogP contribution in [0.1, 0.15) is 115 Å². The average Bonchev–Trinajstić information content (AvgIpc) is 2.94. The number of para-hydroxylation sites is 2. The molecule has 0 radical (unpaired) electrons. The Kier molecular flexibility index (Phi) is 21.3. The third kappa shape index (κ3) is 15.9. The van der Waals surface area contributed by atoms with Crippen molar-refractivity contribution < 1.29 is 20.4 Å². The van der Waals surface area contributed by atoms with Gasteiger partial charge in [-0.25, -0.2) is 0 Å². The Labute approximate surface area is 253 Å². The van der Waals surface area contributed by atoms with E-state index in [0.717, 1.165) is 74.9 Å². The van der Waals surface area contributed by atoms with Crippen molar-refractivity contribution in [2.45, 2.75) is 117 Å². The zero-order valence-corrected chi connectivity index (χ0v) is 26.4. The molecule has 0 bridgehead atoms. The van der Waals surface area contributed by atoms with Gasteiger partial charge in [-0.2, -0.15) is 0 Å². The van der Waals surface area contributed by atoms with Gasteiger partial charge >= 0.3 is 0 Å². The largest absolute Gasteiger partial charge is 0.255 e. The fourth-order valence-electron chi connectivity index (χ4n) is 4.42. The zero-order chi connectivity index (χ0) is 27.1. The Bertz CT molecular complexity index is 1000. The van der Waals surface area contributed by atoms with Crippen molar-refractivity contribution in [2.75, 3.05) is 0 Å². The van der Waals surface area contributed by atoms with Gasteiger partial charge in [0, 0.05) is 26.6 Å². The van der Waals surface area contributed by atoms with Crippen molar-refractivity contribution in [1.29, 1.82) is 0 Å². The van der Waals surface area contributed by atoms with Gasteiger partial charge in [-0.05, 0) is 87.5 Å². The Morgan fingerprint density at radius 3 is 1.59 bits per heavy atom. The van der Waals surface area contributed by atoms with Gasteiger partial charge in [0.25, 0.3) is 0 Å². The number of allylic oxidation sites excluding steroid dienone is 4. The molecule has 0 N–H and O–H groups in total. The van der Waals surface area contributed by atoms with Crippen LogP contribution in [0, 0.1) is 0 Å². The minimum absolute atomic E-state index is 0. The number of unbranched alkanes of at least 4 members (excludes halogenated alkanes) is 7. The van der Waals surface area contributed by atoms with Crippen LogP contribution in [0.3, 0.4) is 0 Å². The van der Waals surface area contributed by atoms with Crippen molar-refractivity contribution in [3.8, 4) is 0 Å². The number of aliphatic imine (C=N–C) groups is 2. The normalized spacial score (nSPS) is 12.1. The monoisotopic (exact) mass is 618 g/mol. The number of hydrogen-bond donors (Lipinski definition) is 0. The second-order valence-electron chi connectivity index (χ2n) is 10.2. The molecule has 2 aromatic rings. The predicted molar refractivity (Wildman–Crippen MR) is 171 cm³/mol. The van der Waals surface area contributed by atoms with Gasteiger partial charge in [-0.15, -0.1) is 0 Å². The molecule has 39 heavy (non-hydrogen) atoms. The summed E-state index contributed by atoms with van der Waals surface area (Å²) in [6.45, 7) is 6.74. The van der Waals surface area contributed by atoms with Crippen LogP contribution in [0.15, 0.2) is 82.8 Å². The third-order valence-electron chi connectivity index (χ3n) is 6.80. The molecule has 0 atom stereocenters. The van der Waals surface area contributed by atoms with Crippen molar-refractivity contribution >= 4 is 23.3 Å². The van der Waals surface area contributed by atoms with Gasteiger partial charge in [0.1, 0.15) is 0 Å². The number of rotatable bonds is 20. The van der Waals surface area contributed by atoms with E-state index >= 15 is 0 Å². The summed E-state index contributed by atoms with van der Waals surface area (Å²) >= 11 is 0.